The summed E-state index contributed by atoms with van der Waals surface area (Å²) in [7, 11) is 0. The van der Waals surface area contributed by atoms with Gasteiger partial charge >= 0.3 is 0 Å². The first kappa shape index (κ1) is 13.9. The summed E-state index contributed by atoms with van der Waals surface area (Å²) in [5.74, 6) is -0.137. The summed E-state index contributed by atoms with van der Waals surface area (Å²) in [6, 6.07) is 6.60. The van der Waals surface area contributed by atoms with Gasteiger partial charge in [0, 0.05) is 24.4 Å². The normalized spacial score (nSPS) is 10.7. The van der Waals surface area contributed by atoms with Crippen LogP contribution in [0.15, 0.2) is 29.4 Å². The van der Waals surface area contributed by atoms with Crippen LogP contribution < -0.4 is 10.7 Å². The standard InChI is InChI=1S/C13H17N3O2/c1-9(2)8-14-16-13(18)11-4-6-12(7-5-11)15-10(3)17/h4-9H,1-3H3,(H,15,17)(H,16,18)/b14-8+. The van der Waals surface area contributed by atoms with Crippen LogP contribution >= 0.6 is 0 Å². The summed E-state index contributed by atoms with van der Waals surface area (Å²) in [4.78, 5) is 22.5. The minimum Gasteiger partial charge on any atom is -0.326 e. The third kappa shape index (κ3) is 4.78. The Morgan fingerprint density at radius 3 is 2.33 bits per heavy atom. The molecule has 18 heavy (non-hydrogen) atoms. The first-order valence-electron chi connectivity index (χ1n) is 5.70. The summed E-state index contributed by atoms with van der Waals surface area (Å²) < 4.78 is 0. The predicted molar refractivity (Wildman–Crippen MR) is 71.5 cm³/mol. The van der Waals surface area contributed by atoms with Crippen molar-refractivity contribution in [2.45, 2.75) is 20.8 Å². The summed E-state index contributed by atoms with van der Waals surface area (Å²) >= 11 is 0. The Morgan fingerprint density at radius 2 is 1.83 bits per heavy atom. The summed E-state index contributed by atoms with van der Waals surface area (Å²) in [5, 5.41) is 6.45. The maximum atomic E-state index is 11.6. The van der Waals surface area contributed by atoms with E-state index in [2.05, 4.69) is 15.8 Å². The zero-order chi connectivity index (χ0) is 13.5. The van der Waals surface area contributed by atoms with Crippen LogP contribution in [0.2, 0.25) is 0 Å². The Bertz CT molecular complexity index is 450. The van der Waals surface area contributed by atoms with Gasteiger partial charge in [-0.15, -0.1) is 0 Å². The second-order valence-corrected chi connectivity index (χ2v) is 4.22. The highest BCUT2D eigenvalue weighted by atomic mass is 16.2. The number of hydrogen-bond donors (Lipinski definition) is 2. The molecule has 0 radical (unpaired) electrons. The molecule has 5 heteroatoms. The van der Waals surface area contributed by atoms with Gasteiger partial charge in [0.05, 0.1) is 0 Å². The van der Waals surface area contributed by atoms with E-state index in [1.165, 1.54) is 6.92 Å². The molecule has 0 saturated heterocycles. The second kappa shape index (κ2) is 6.54. The van der Waals surface area contributed by atoms with E-state index in [-0.39, 0.29) is 17.7 Å². The molecule has 0 aromatic heterocycles. The van der Waals surface area contributed by atoms with Gasteiger partial charge in [0.1, 0.15) is 0 Å². The van der Waals surface area contributed by atoms with Gasteiger partial charge in [0.15, 0.2) is 0 Å². The largest absolute Gasteiger partial charge is 0.326 e. The van der Waals surface area contributed by atoms with Gasteiger partial charge in [0.25, 0.3) is 5.91 Å². The van der Waals surface area contributed by atoms with Crippen molar-refractivity contribution in [3.8, 4) is 0 Å². The van der Waals surface area contributed by atoms with Crippen LogP contribution in [0.25, 0.3) is 0 Å². The quantitative estimate of drug-likeness (QED) is 0.631. The van der Waals surface area contributed by atoms with Gasteiger partial charge in [-0.1, -0.05) is 13.8 Å². The van der Waals surface area contributed by atoms with Gasteiger partial charge in [-0.25, -0.2) is 5.43 Å². The van der Waals surface area contributed by atoms with Crippen molar-refractivity contribution in [1.29, 1.82) is 0 Å². The van der Waals surface area contributed by atoms with Crippen LogP contribution in [0.4, 0.5) is 5.69 Å². The molecule has 2 N–H and O–H groups in total. The first-order chi connectivity index (χ1) is 8.49. The number of rotatable bonds is 4. The smallest absolute Gasteiger partial charge is 0.271 e. The molecule has 0 atom stereocenters. The number of carbonyl (C=O) groups is 2. The fourth-order valence-electron chi connectivity index (χ4n) is 1.22. The molecule has 96 valence electrons. The van der Waals surface area contributed by atoms with Crippen LogP contribution in [-0.4, -0.2) is 18.0 Å². The molecule has 0 unspecified atom stereocenters. The Morgan fingerprint density at radius 1 is 1.22 bits per heavy atom. The third-order valence-corrected chi connectivity index (χ3v) is 2.01. The molecule has 2 amide bonds. The fraction of sp³-hybridized carbons (Fsp3) is 0.308. The molecule has 0 saturated carbocycles. The number of nitrogens with one attached hydrogen (secondary N) is 2. The zero-order valence-corrected chi connectivity index (χ0v) is 10.7. The second-order valence-electron chi connectivity index (χ2n) is 4.22. The maximum absolute atomic E-state index is 11.6. The van der Waals surface area contributed by atoms with Crippen molar-refractivity contribution < 1.29 is 9.59 Å². The van der Waals surface area contributed by atoms with Gasteiger partial charge in [-0.3, -0.25) is 9.59 Å². The maximum Gasteiger partial charge on any atom is 0.271 e. The van der Waals surface area contributed by atoms with E-state index < -0.39 is 0 Å². The predicted octanol–water partition coefficient (Wildman–Crippen LogP) is 2.02. The average molecular weight is 247 g/mol. The molecule has 0 bridgehead atoms. The SMILES string of the molecule is CC(=O)Nc1ccc(C(=O)N/N=C/C(C)C)cc1. The topological polar surface area (TPSA) is 70.6 Å². The Kier molecular flexibility index (Phi) is 5.05. The average Bonchev–Trinajstić information content (AvgIpc) is 2.28. The fourth-order valence-corrected chi connectivity index (χ4v) is 1.22. The van der Waals surface area contributed by atoms with Crippen molar-refractivity contribution in [3.05, 3.63) is 29.8 Å². The highest BCUT2D eigenvalue weighted by Gasteiger charge is 2.04. The highest BCUT2D eigenvalue weighted by molar-refractivity contribution is 5.95. The van der Waals surface area contributed by atoms with Crippen LogP contribution in [0.5, 0.6) is 0 Å². The zero-order valence-electron chi connectivity index (χ0n) is 10.7. The number of hydrazone groups is 1. The molecule has 1 aromatic carbocycles. The monoisotopic (exact) mass is 247 g/mol. The van der Waals surface area contributed by atoms with E-state index >= 15 is 0 Å². The lowest BCUT2D eigenvalue weighted by molar-refractivity contribution is -0.114. The molecule has 0 spiro atoms. The summed E-state index contributed by atoms with van der Waals surface area (Å²) in [6.45, 7) is 5.37. The van der Waals surface area contributed by atoms with Gasteiger partial charge in [-0.2, -0.15) is 5.10 Å². The lowest BCUT2D eigenvalue weighted by atomic mass is 10.2. The lowest BCUT2D eigenvalue weighted by Gasteiger charge is -2.03. The van der Waals surface area contributed by atoms with Crippen molar-refractivity contribution >= 4 is 23.7 Å². The van der Waals surface area contributed by atoms with Gasteiger partial charge in [0.2, 0.25) is 5.91 Å². The van der Waals surface area contributed by atoms with Crippen LogP contribution in [0.1, 0.15) is 31.1 Å². The number of anilines is 1. The highest BCUT2D eigenvalue weighted by Crippen LogP contribution is 2.09. The molecule has 1 rings (SSSR count). The molecule has 0 heterocycles. The van der Waals surface area contributed by atoms with Crippen LogP contribution in [0, 0.1) is 5.92 Å². The van der Waals surface area contributed by atoms with Gasteiger partial charge < -0.3 is 5.32 Å². The number of hydrogen-bond acceptors (Lipinski definition) is 3. The Hall–Kier alpha value is -2.17. The van der Waals surface area contributed by atoms with Crippen molar-refractivity contribution in [1.82, 2.24) is 5.43 Å². The number of carbonyl (C=O) groups excluding carboxylic acids is 2. The van der Waals surface area contributed by atoms with E-state index in [1.807, 2.05) is 13.8 Å². The summed E-state index contributed by atoms with van der Waals surface area (Å²) in [6.07, 6.45) is 1.66. The molecule has 0 aliphatic carbocycles. The van der Waals surface area contributed by atoms with Gasteiger partial charge in [-0.05, 0) is 30.2 Å². The Labute approximate surface area is 106 Å². The minimum absolute atomic E-state index is 0.145. The van der Waals surface area contributed by atoms with E-state index in [0.29, 0.717) is 11.3 Å². The number of nitrogens with zero attached hydrogens (tertiary/aromatic N) is 1. The van der Waals surface area contributed by atoms with Crippen molar-refractivity contribution in [3.63, 3.8) is 0 Å². The number of amides is 2. The molecule has 1 aromatic rings. The lowest BCUT2D eigenvalue weighted by Crippen LogP contribution is -2.18. The van der Waals surface area contributed by atoms with Crippen LogP contribution in [-0.2, 0) is 4.79 Å². The van der Waals surface area contributed by atoms with E-state index in [9.17, 15) is 9.59 Å². The molecular formula is C13H17N3O2. The summed E-state index contributed by atoms with van der Waals surface area (Å²) in [5.41, 5.74) is 3.58. The first-order valence-corrected chi connectivity index (χ1v) is 5.70. The Balaban J connectivity index is 2.61. The molecule has 0 aliphatic rings. The molecule has 0 aliphatic heterocycles. The molecule has 5 nitrogen and oxygen atoms in total. The van der Waals surface area contributed by atoms with Crippen molar-refractivity contribution in [2.24, 2.45) is 11.0 Å². The van der Waals surface area contributed by atoms with E-state index in [4.69, 9.17) is 0 Å². The molecular weight excluding hydrogens is 230 g/mol. The van der Waals surface area contributed by atoms with E-state index in [1.54, 1.807) is 30.5 Å². The van der Waals surface area contributed by atoms with E-state index in [0.717, 1.165) is 0 Å². The third-order valence-electron chi connectivity index (χ3n) is 2.01. The minimum atomic E-state index is -0.277. The molecule has 0 fully saturated rings. The number of benzene rings is 1. The van der Waals surface area contributed by atoms with Crippen LogP contribution in [0.3, 0.4) is 0 Å². The van der Waals surface area contributed by atoms with Crippen molar-refractivity contribution in [2.75, 3.05) is 5.32 Å².